The molecule has 0 saturated carbocycles. The van der Waals surface area contributed by atoms with Crippen molar-refractivity contribution in [2.24, 2.45) is 0 Å². The minimum absolute atomic E-state index is 0.187. The molecule has 1 aliphatic heterocycles. The number of nitrogens with one attached hydrogen (secondary N) is 1. The number of benzene rings is 1. The van der Waals surface area contributed by atoms with E-state index in [1.165, 1.54) is 10.4 Å². The summed E-state index contributed by atoms with van der Waals surface area (Å²) < 4.78 is 27.0. The van der Waals surface area contributed by atoms with Crippen molar-refractivity contribution in [1.29, 1.82) is 0 Å². The van der Waals surface area contributed by atoms with Gasteiger partial charge in [0, 0.05) is 38.3 Å². The molecular weight excluding hydrogens is 314 g/mol. The van der Waals surface area contributed by atoms with Gasteiger partial charge in [0.05, 0.1) is 4.90 Å². The lowest BCUT2D eigenvalue weighted by molar-refractivity contribution is 0.0953. The van der Waals surface area contributed by atoms with E-state index in [-0.39, 0.29) is 10.8 Å². The van der Waals surface area contributed by atoms with Gasteiger partial charge in [0.2, 0.25) is 10.0 Å². The normalized spacial score (nSPS) is 17.1. The molecule has 128 valence electrons. The predicted molar refractivity (Wildman–Crippen MR) is 89.9 cm³/mol. The Kier molecular flexibility index (Phi) is 6.15. The molecule has 1 amide bonds. The van der Waals surface area contributed by atoms with Gasteiger partial charge in [-0.3, -0.25) is 4.79 Å². The van der Waals surface area contributed by atoms with E-state index < -0.39 is 10.0 Å². The van der Waals surface area contributed by atoms with Crippen LogP contribution in [0.3, 0.4) is 0 Å². The Balaban J connectivity index is 2.15. The summed E-state index contributed by atoms with van der Waals surface area (Å²) in [6.45, 7) is 8.01. The van der Waals surface area contributed by atoms with Gasteiger partial charge in [-0.25, -0.2) is 8.42 Å². The van der Waals surface area contributed by atoms with Crippen LogP contribution in [0.2, 0.25) is 0 Å². The second-order valence-corrected chi connectivity index (χ2v) is 7.56. The zero-order chi connectivity index (χ0) is 16.9. The molecule has 7 heteroatoms. The third-order valence-electron chi connectivity index (χ3n) is 4.05. The molecule has 0 spiro atoms. The lowest BCUT2D eigenvalue weighted by Crippen LogP contribution is -2.48. The van der Waals surface area contributed by atoms with E-state index in [2.05, 4.69) is 17.1 Å². The Morgan fingerprint density at radius 2 is 1.87 bits per heavy atom. The number of carbonyl (C=O) groups is 1. The molecule has 1 heterocycles. The Labute approximate surface area is 138 Å². The zero-order valence-electron chi connectivity index (χ0n) is 13.8. The van der Waals surface area contributed by atoms with Crippen molar-refractivity contribution in [3.05, 3.63) is 29.8 Å². The molecule has 0 unspecified atom stereocenters. The number of hydrogen-bond donors (Lipinski definition) is 1. The number of rotatable bonds is 6. The molecule has 0 atom stereocenters. The molecule has 1 aliphatic rings. The van der Waals surface area contributed by atoms with Gasteiger partial charge in [-0.05, 0) is 31.2 Å². The van der Waals surface area contributed by atoms with Crippen molar-refractivity contribution in [1.82, 2.24) is 14.5 Å². The number of sulfonamides is 1. The molecule has 0 aliphatic carbocycles. The molecule has 0 radical (unpaired) electrons. The van der Waals surface area contributed by atoms with Crippen LogP contribution in [0, 0.1) is 0 Å². The highest BCUT2D eigenvalue weighted by Crippen LogP contribution is 2.19. The maximum absolute atomic E-state index is 12.7. The smallest absolute Gasteiger partial charge is 0.251 e. The lowest BCUT2D eigenvalue weighted by atomic mass is 10.2. The van der Waals surface area contributed by atoms with E-state index in [9.17, 15) is 13.2 Å². The van der Waals surface area contributed by atoms with Crippen LogP contribution in [-0.2, 0) is 10.0 Å². The van der Waals surface area contributed by atoms with Gasteiger partial charge in [0.1, 0.15) is 0 Å². The fourth-order valence-electron chi connectivity index (χ4n) is 2.57. The quantitative estimate of drug-likeness (QED) is 0.844. The standard InChI is InChI=1S/C16H25N3O3S/c1-3-8-17-16(20)14-6-5-7-15(13-14)23(21,22)19-11-9-18(4-2)10-12-19/h5-7,13H,3-4,8-12H2,1-2H3,(H,17,20). The second-order valence-electron chi connectivity index (χ2n) is 5.62. The van der Waals surface area contributed by atoms with E-state index >= 15 is 0 Å². The highest BCUT2D eigenvalue weighted by atomic mass is 32.2. The minimum atomic E-state index is -3.54. The molecule has 1 aromatic carbocycles. The van der Waals surface area contributed by atoms with E-state index in [0.717, 1.165) is 26.1 Å². The van der Waals surface area contributed by atoms with Gasteiger partial charge in [-0.2, -0.15) is 4.31 Å². The topological polar surface area (TPSA) is 69.7 Å². The van der Waals surface area contributed by atoms with Crippen molar-refractivity contribution < 1.29 is 13.2 Å². The van der Waals surface area contributed by atoms with Crippen molar-refractivity contribution in [3.63, 3.8) is 0 Å². The largest absolute Gasteiger partial charge is 0.352 e. The summed E-state index contributed by atoms with van der Waals surface area (Å²) in [7, 11) is -3.54. The van der Waals surface area contributed by atoms with Crippen molar-refractivity contribution in [2.45, 2.75) is 25.2 Å². The monoisotopic (exact) mass is 339 g/mol. The first-order valence-corrected chi connectivity index (χ1v) is 9.53. The fraction of sp³-hybridized carbons (Fsp3) is 0.562. The van der Waals surface area contributed by atoms with Crippen LogP contribution in [0.25, 0.3) is 0 Å². The molecule has 1 N–H and O–H groups in total. The second kappa shape index (κ2) is 7.90. The maximum Gasteiger partial charge on any atom is 0.251 e. The molecule has 2 rings (SSSR count). The van der Waals surface area contributed by atoms with Crippen molar-refractivity contribution in [3.8, 4) is 0 Å². The molecule has 1 saturated heterocycles. The third kappa shape index (κ3) is 4.31. The van der Waals surface area contributed by atoms with Crippen LogP contribution in [0.1, 0.15) is 30.6 Å². The third-order valence-corrected chi connectivity index (χ3v) is 5.94. The zero-order valence-corrected chi connectivity index (χ0v) is 14.6. The Morgan fingerprint density at radius 3 is 2.48 bits per heavy atom. The van der Waals surface area contributed by atoms with Crippen LogP contribution < -0.4 is 5.32 Å². The van der Waals surface area contributed by atoms with Crippen LogP contribution >= 0.6 is 0 Å². The summed E-state index contributed by atoms with van der Waals surface area (Å²) >= 11 is 0. The van der Waals surface area contributed by atoms with E-state index in [1.54, 1.807) is 18.2 Å². The fourth-order valence-corrected chi connectivity index (χ4v) is 4.04. The number of piperazine rings is 1. The van der Waals surface area contributed by atoms with Gasteiger partial charge >= 0.3 is 0 Å². The SMILES string of the molecule is CCCNC(=O)c1cccc(S(=O)(=O)N2CCN(CC)CC2)c1. The molecule has 1 fully saturated rings. The first-order valence-electron chi connectivity index (χ1n) is 8.09. The van der Waals surface area contributed by atoms with Gasteiger partial charge in [0.15, 0.2) is 0 Å². The van der Waals surface area contributed by atoms with Gasteiger partial charge < -0.3 is 10.2 Å². The molecular formula is C16H25N3O3S. The predicted octanol–water partition coefficient (Wildman–Crippen LogP) is 1.15. The van der Waals surface area contributed by atoms with Crippen molar-refractivity contribution in [2.75, 3.05) is 39.3 Å². The summed E-state index contributed by atoms with van der Waals surface area (Å²) in [6.07, 6.45) is 0.839. The number of carbonyl (C=O) groups excluding carboxylic acids is 1. The summed E-state index contributed by atoms with van der Waals surface area (Å²) in [5, 5.41) is 2.77. The highest BCUT2D eigenvalue weighted by molar-refractivity contribution is 7.89. The summed E-state index contributed by atoms with van der Waals surface area (Å²) in [5.41, 5.74) is 0.381. The Morgan fingerprint density at radius 1 is 1.17 bits per heavy atom. The minimum Gasteiger partial charge on any atom is -0.352 e. The summed E-state index contributed by atoms with van der Waals surface area (Å²) in [4.78, 5) is 14.4. The summed E-state index contributed by atoms with van der Waals surface area (Å²) in [5.74, 6) is -0.236. The first kappa shape index (κ1) is 17.9. The van der Waals surface area contributed by atoms with Crippen LogP contribution in [0.15, 0.2) is 29.2 Å². The first-order chi connectivity index (χ1) is 11.0. The van der Waals surface area contributed by atoms with Gasteiger partial charge in [0.25, 0.3) is 5.91 Å². The molecule has 6 nitrogen and oxygen atoms in total. The van der Waals surface area contributed by atoms with Crippen LogP contribution in [-0.4, -0.2) is 62.8 Å². The molecule has 1 aromatic rings. The number of nitrogens with zero attached hydrogens (tertiary/aromatic N) is 2. The Bertz CT molecular complexity index is 638. The number of likely N-dealkylation sites (N-methyl/N-ethyl adjacent to an activating group) is 1. The van der Waals surface area contributed by atoms with E-state index in [4.69, 9.17) is 0 Å². The average molecular weight is 339 g/mol. The average Bonchev–Trinajstić information content (AvgIpc) is 2.59. The number of hydrogen-bond acceptors (Lipinski definition) is 4. The summed E-state index contributed by atoms with van der Waals surface area (Å²) in [6, 6.07) is 6.28. The van der Waals surface area contributed by atoms with Crippen LogP contribution in [0.4, 0.5) is 0 Å². The Hall–Kier alpha value is -1.44. The van der Waals surface area contributed by atoms with E-state index in [1.807, 2.05) is 6.92 Å². The van der Waals surface area contributed by atoms with Gasteiger partial charge in [-0.1, -0.05) is 19.9 Å². The maximum atomic E-state index is 12.7. The van der Waals surface area contributed by atoms with Crippen molar-refractivity contribution >= 4 is 15.9 Å². The van der Waals surface area contributed by atoms with E-state index in [0.29, 0.717) is 25.2 Å². The lowest BCUT2D eigenvalue weighted by Gasteiger charge is -2.33. The number of amides is 1. The highest BCUT2D eigenvalue weighted by Gasteiger charge is 2.28. The van der Waals surface area contributed by atoms with Crippen LogP contribution in [0.5, 0.6) is 0 Å². The van der Waals surface area contributed by atoms with Gasteiger partial charge in [-0.15, -0.1) is 0 Å². The molecule has 0 bridgehead atoms. The molecule has 23 heavy (non-hydrogen) atoms. The molecule has 0 aromatic heterocycles.